The van der Waals surface area contributed by atoms with Gasteiger partial charge in [0, 0.05) is 6.42 Å². The molecule has 0 radical (unpaired) electrons. The van der Waals surface area contributed by atoms with Crippen LogP contribution in [0.4, 0.5) is 0 Å². The van der Waals surface area contributed by atoms with Gasteiger partial charge < -0.3 is 65.1 Å². The van der Waals surface area contributed by atoms with Gasteiger partial charge in [0.25, 0.3) is 0 Å². The molecule has 0 aromatic heterocycles. The molecule has 0 saturated carbocycles. The number of carbonyl (C=O) groups is 1. The first kappa shape index (κ1) is 81.0. The summed E-state index contributed by atoms with van der Waals surface area (Å²) in [5.41, 5.74) is 0. The molecular formula is C75H123NO13. The van der Waals surface area contributed by atoms with Gasteiger partial charge in [0.2, 0.25) is 5.91 Å². The van der Waals surface area contributed by atoms with Crippen molar-refractivity contribution in [3.63, 3.8) is 0 Å². The second-order valence-corrected chi connectivity index (χ2v) is 23.6. The van der Waals surface area contributed by atoms with Crippen LogP contribution in [0.5, 0.6) is 0 Å². The van der Waals surface area contributed by atoms with Gasteiger partial charge in [0.15, 0.2) is 12.6 Å². The van der Waals surface area contributed by atoms with Gasteiger partial charge in [-0.05, 0) is 103 Å². The van der Waals surface area contributed by atoms with Gasteiger partial charge in [-0.25, -0.2) is 0 Å². The van der Waals surface area contributed by atoms with Crippen LogP contribution in [0.2, 0.25) is 0 Å². The molecule has 0 bridgehead atoms. The number of allylic oxidation sites excluding steroid dienone is 24. The molecule has 0 aromatic rings. The average molecular weight is 1250 g/mol. The molecule has 12 atom stereocenters. The first-order valence-corrected chi connectivity index (χ1v) is 34.6. The van der Waals surface area contributed by atoms with Crippen molar-refractivity contribution in [2.45, 2.75) is 299 Å². The summed E-state index contributed by atoms with van der Waals surface area (Å²) in [6, 6.07) is -0.863. The van der Waals surface area contributed by atoms with E-state index in [9.17, 15) is 45.6 Å². The maximum absolute atomic E-state index is 13.3. The van der Waals surface area contributed by atoms with E-state index in [4.69, 9.17) is 18.9 Å². The van der Waals surface area contributed by atoms with E-state index in [-0.39, 0.29) is 18.9 Å². The second-order valence-electron chi connectivity index (χ2n) is 23.6. The number of aliphatic hydroxyl groups excluding tert-OH is 8. The lowest BCUT2D eigenvalue weighted by atomic mass is 9.97. The normalized spacial score (nSPS) is 24.0. The second kappa shape index (κ2) is 57.7. The number of nitrogens with one attached hydrogen (secondary N) is 1. The van der Waals surface area contributed by atoms with Crippen molar-refractivity contribution >= 4 is 5.91 Å². The standard InChI is InChI=1S/C75H123NO13/c1-3-5-7-9-11-13-15-17-19-21-22-23-24-25-26-27-28-29-30-31-32-33-34-35-36-37-38-39-40-41-42-43-45-47-49-51-53-55-57-59-67(80)76-63(64(79)58-56-54-52-50-48-46-44-20-18-16-14-12-10-8-6-4-2)62-86-74-72(85)70(83)73(66(61-78)88-74)89-75-71(84)69(82)68(81)65(60-77)87-75/h5,7,11,13,17,19,22-23,25-26,28-29,31-32,34-35,37-38,40-41,43,45,49,51,63-66,68-75,77-79,81-85H,3-4,6,8-10,12,14-16,18,20-21,24,27,30,33,36,39,42,44,46-48,50,52-62H2,1-2H3,(H,76,80)/b7-5-,13-11-,19-17-,23-22-,26-25-,29-28-,32-31-,35-34-,38-37-,41-40-,45-43-,51-49-. The first-order valence-electron chi connectivity index (χ1n) is 34.6. The Hall–Kier alpha value is -4.13. The Bertz CT molecular complexity index is 2050. The highest BCUT2D eigenvalue weighted by molar-refractivity contribution is 5.76. The topological polar surface area (TPSA) is 228 Å². The van der Waals surface area contributed by atoms with Crippen molar-refractivity contribution in [2.75, 3.05) is 19.8 Å². The van der Waals surface area contributed by atoms with Gasteiger partial charge in [-0.2, -0.15) is 0 Å². The Kier molecular flexibility index (Phi) is 52.5. The zero-order valence-electron chi connectivity index (χ0n) is 54.9. The summed E-state index contributed by atoms with van der Waals surface area (Å²) >= 11 is 0. The van der Waals surface area contributed by atoms with Crippen LogP contribution in [0.3, 0.4) is 0 Å². The molecule has 2 aliphatic heterocycles. The summed E-state index contributed by atoms with van der Waals surface area (Å²) in [5, 5.41) is 87.4. The predicted molar refractivity (Wildman–Crippen MR) is 364 cm³/mol. The Morgan fingerprint density at radius 2 is 0.775 bits per heavy atom. The van der Waals surface area contributed by atoms with E-state index in [1.54, 1.807) is 0 Å². The summed E-state index contributed by atoms with van der Waals surface area (Å²) in [7, 11) is 0. The smallest absolute Gasteiger partial charge is 0.220 e. The van der Waals surface area contributed by atoms with E-state index in [1.807, 2.05) is 0 Å². The third kappa shape index (κ3) is 41.9. The van der Waals surface area contributed by atoms with Crippen LogP contribution < -0.4 is 5.32 Å². The number of aliphatic hydroxyl groups is 8. The SMILES string of the molecule is CC/C=C\C/C=C\C/C=C\C/C=C\C/C=C\C/C=C\C/C=C\C/C=C\C/C=C\C/C=C\C/C=C\C/C=C\CCCCC(=O)NC(COC1OC(CO)C(OC2OC(CO)C(O)C(O)C2O)C(O)C1O)C(O)CCCCCCCCCCCCCCCCCC. The molecule has 2 heterocycles. The summed E-state index contributed by atoms with van der Waals surface area (Å²) in [5.74, 6) is -0.254. The molecule has 1 amide bonds. The van der Waals surface area contributed by atoms with Crippen molar-refractivity contribution in [1.82, 2.24) is 5.32 Å². The molecular weight excluding hydrogens is 1120 g/mol. The molecule has 506 valence electrons. The third-order valence-electron chi connectivity index (χ3n) is 15.8. The molecule has 14 nitrogen and oxygen atoms in total. The maximum Gasteiger partial charge on any atom is 0.220 e. The van der Waals surface area contributed by atoms with E-state index in [0.29, 0.717) is 12.8 Å². The molecule has 2 saturated heterocycles. The molecule has 9 N–H and O–H groups in total. The minimum absolute atomic E-state index is 0.240. The Morgan fingerprint density at radius 1 is 0.416 bits per heavy atom. The summed E-state index contributed by atoms with van der Waals surface area (Å²) in [6.07, 6.45) is 70.0. The molecule has 89 heavy (non-hydrogen) atoms. The first-order chi connectivity index (χ1) is 43.6. The van der Waals surface area contributed by atoms with Crippen LogP contribution in [-0.4, -0.2) is 140 Å². The predicted octanol–water partition coefficient (Wildman–Crippen LogP) is 14.1. The minimum atomic E-state index is -1.79. The molecule has 0 spiro atoms. The minimum Gasteiger partial charge on any atom is -0.394 e. The van der Waals surface area contributed by atoms with E-state index in [2.05, 4.69) is 165 Å². The Labute approximate surface area is 538 Å². The van der Waals surface area contributed by atoms with Gasteiger partial charge >= 0.3 is 0 Å². The van der Waals surface area contributed by atoms with Crippen LogP contribution in [0.1, 0.15) is 226 Å². The third-order valence-corrected chi connectivity index (χ3v) is 15.8. The van der Waals surface area contributed by atoms with Gasteiger partial charge in [-0.1, -0.05) is 262 Å². The number of unbranched alkanes of at least 4 members (excludes halogenated alkanes) is 17. The number of hydrogen-bond acceptors (Lipinski definition) is 13. The molecule has 14 heteroatoms. The summed E-state index contributed by atoms with van der Waals surface area (Å²) < 4.78 is 22.8. The lowest BCUT2D eigenvalue weighted by Gasteiger charge is -2.46. The monoisotopic (exact) mass is 1250 g/mol. The molecule has 2 fully saturated rings. The lowest BCUT2D eigenvalue weighted by Crippen LogP contribution is -2.65. The van der Waals surface area contributed by atoms with Gasteiger partial charge in [0.05, 0.1) is 32.0 Å². The molecule has 0 aromatic carbocycles. The van der Waals surface area contributed by atoms with E-state index < -0.39 is 86.8 Å². The zero-order valence-corrected chi connectivity index (χ0v) is 54.9. The van der Waals surface area contributed by atoms with Gasteiger partial charge in [-0.15, -0.1) is 0 Å². The summed E-state index contributed by atoms with van der Waals surface area (Å²) in [4.78, 5) is 13.3. The molecule has 2 aliphatic rings. The van der Waals surface area contributed by atoms with Crippen LogP contribution in [0.15, 0.2) is 146 Å². The fourth-order valence-corrected chi connectivity index (χ4v) is 10.3. The van der Waals surface area contributed by atoms with E-state index in [1.165, 1.54) is 77.0 Å². The molecule has 0 aliphatic carbocycles. The number of carbonyl (C=O) groups excluding carboxylic acids is 1. The largest absolute Gasteiger partial charge is 0.394 e. The Balaban J connectivity index is 1.68. The lowest BCUT2D eigenvalue weighted by molar-refractivity contribution is -0.359. The molecule has 12 unspecified atom stereocenters. The fraction of sp³-hybridized carbons (Fsp3) is 0.667. The van der Waals surface area contributed by atoms with E-state index in [0.717, 1.165) is 116 Å². The zero-order chi connectivity index (χ0) is 64.5. The van der Waals surface area contributed by atoms with Crippen molar-refractivity contribution < 1.29 is 64.6 Å². The van der Waals surface area contributed by atoms with Crippen LogP contribution >= 0.6 is 0 Å². The number of rotatable bonds is 54. The van der Waals surface area contributed by atoms with Gasteiger partial charge in [-0.3, -0.25) is 4.79 Å². The van der Waals surface area contributed by atoms with Crippen molar-refractivity contribution in [1.29, 1.82) is 0 Å². The number of hydrogen-bond donors (Lipinski definition) is 9. The van der Waals surface area contributed by atoms with Crippen LogP contribution in [0.25, 0.3) is 0 Å². The van der Waals surface area contributed by atoms with Crippen LogP contribution in [0, 0.1) is 0 Å². The quantitative estimate of drug-likeness (QED) is 0.0204. The van der Waals surface area contributed by atoms with E-state index >= 15 is 0 Å². The molecule has 2 rings (SSSR count). The highest BCUT2D eigenvalue weighted by atomic mass is 16.7. The maximum atomic E-state index is 13.3. The fourth-order valence-electron chi connectivity index (χ4n) is 10.3. The Morgan fingerprint density at radius 3 is 1.17 bits per heavy atom. The van der Waals surface area contributed by atoms with Crippen LogP contribution in [-0.2, 0) is 23.7 Å². The van der Waals surface area contributed by atoms with Crippen molar-refractivity contribution in [3.05, 3.63) is 146 Å². The van der Waals surface area contributed by atoms with Crippen molar-refractivity contribution in [2.24, 2.45) is 0 Å². The highest BCUT2D eigenvalue weighted by Crippen LogP contribution is 2.30. The number of amides is 1. The van der Waals surface area contributed by atoms with Gasteiger partial charge in [0.1, 0.15) is 48.8 Å². The average Bonchev–Trinajstić information content (AvgIpc) is 2.55. The number of ether oxygens (including phenoxy) is 4. The van der Waals surface area contributed by atoms with Crippen molar-refractivity contribution in [3.8, 4) is 0 Å². The highest BCUT2D eigenvalue weighted by Gasteiger charge is 2.51. The summed E-state index contributed by atoms with van der Waals surface area (Å²) in [6.45, 7) is 2.71.